The van der Waals surface area contributed by atoms with Gasteiger partial charge in [0.2, 0.25) is 0 Å². The van der Waals surface area contributed by atoms with Gasteiger partial charge in [-0.2, -0.15) is 0 Å². The molecule has 0 spiro atoms. The van der Waals surface area contributed by atoms with Gasteiger partial charge in [-0.25, -0.2) is 0 Å². The number of aromatic hydroxyl groups is 3. The number of rotatable bonds is 0. The van der Waals surface area contributed by atoms with Crippen LogP contribution in [0.1, 0.15) is 0 Å². The van der Waals surface area contributed by atoms with Crippen LogP contribution in [-0.4, -0.2) is 20.3 Å². The Morgan fingerprint density at radius 1 is 0.370 bits per heavy atom. The van der Waals surface area contributed by atoms with Crippen LogP contribution in [0.15, 0.2) is 122 Å². The fourth-order valence-corrected chi connectivity index (χ4v) is 1.60. The first kappa shape index (κ1) is 21.3. The van der Waals surface area contributed by atoms with Crippen molar-refractivity contribution < 1.29 is 15.3 Å². The summed E-state index contributed by atoms with van der Waals surface area (Å²) in [5.74, 6) is 0.965. The quantitative estimate of drug-likeness (QED) is 0.399. The first-order valence-electron chi connectivity index (χ1n) is 8.25. The molecule has 27 heavy (non-hydrogen) atoms. The fourth-order valence-electron chi connectivity index (χ4n) is 1.60. The van der Waals surface area contributed by atoms with Crippen molar-refractivity contribution in [3.8, 4) is 17.2 Å². The van der Waals surface area contributed by atoms with Gasteiger partial charge in [0.1, 0.15) is 17.2 Å². The first-order chi connectivity index (χ1) is 13.2. The molecule has 1 heterocycles. The van der Waals surface area contributed by atoms with Crippen LogP contribution < -0.4 is 0 Å². The van der Waals surface area contributed by atoms with E-state index < -0.39 is 0 Å². The minimum atomic E-state index is 0.322. The Labute approximate surface area is 159 Å². The second-order valence-electron chi connectivity index (χ2n) is 5.03. The van der Waals surface area contributed by atoms with Crippen LogP contribution in [0.25, 0.3) is 0 Å². The molecule has 0 bridgehead atoms. The van der Waals surface area contributed by atoms with E-state index >= 15 is 0 Å². The van der Waals surface area contributed by atoms with Gasteiger partial charge >= 0.3 is 0 Å². The Balaban J connectivity index is 0.000000180. The highest BCUT2D eigenvalue weighted by Crippen LogP contribution is 2.04. The summed E-state index contributed by atoms with van der Waals surface area (Å²) in [4.78, 5) is 3.78. The van der Waals surface area contributed by atoms with Crippen molar-refractivity contribution in [2.75, 3.05) is 0 Å². The molecule has 138 valence electrons. The lowest BCUT2D eigenvalue weighted by Gasteiger charge is -1.82. The van der Waals surface area contributed by atoms with Crippen molar-refractivity contribution in [2.45, 2.75) is 0 Å². The summed E-state index contributed by atoms with van der Waals surface area (Å²) in [7, 11) is 0. The van der Waals surface area contributed by atoms with E-state index in [1.54, 1.807) is 85.2 Å². The Hall–Kier alpha value is -3.79. The first-order valence-corrected chi connectivity index (χ1v) is 8.25. The molecule has 1 aromatic heterocycles. The van der Waals surface area contributed by atoms with Crippen molar-refractivity contribution in [2.24, 2.45) is 0 Å². The molecule has 4 heteroatoms. The molecule has 4 rings (SSSR count). The molecular weight excluding hydrogens is 338 g/mol. The highest BCUT2D eigenvalue weighted by Gasteiger charge is 1.76. The molecule has 0 aliphatic rings. The Morgan fingerprint density at radius 3 is 0.741 bits per heavy atom. The number of aromatic nitrogens is 1. The van der Waals surface area contributed by atoms with Crippen molar-refractivity contribution >= 4 is 0 Å². The van der Waals surface area contributed by atoms with E-state index in [4.69, 9.17) is 15.3 Å². The molecule has 0 aliphatic heterocycles. The lowest BCUT2D eigenvalue weighted by molar-refractivity contribution is 0.475. The molecule has 0 radical (unpaired) electrons. The van der Waals surface area contributed by atoms with Crippen LogP contribution in [0.3, 0.4) is 0 Å². The van der Waals surface area contributed by atoms with E-state index in [1.807, 2.05) is 36.4 Å². The second kappa shape index (κ2) is 14.5. The number of benzene rings is 3. The summed E-state index contributed by atoms with van der Waals surface area (Å²) < 4.78 is 0. The maximum absolute atomic E-state index is 8.63. The van der Waals surface area contributed by atoms with E-state index in [-0.39, 0.29) is 0 Å². The molecule has 0 saturated heterocycles. The van der Waals surface area contributed by atoms with E-state index in [1.165, 1.54) is 0 Å². The van der Waals surface area contributed by atoms with E-state index in [0.29, 0.717) is 17.2 Å². The lowest BCUT2D eigenvalue weighted by atomic mass is 10.3. The van der Waals surface area contributed by atoms with Gasteiger partial charge in [0, 0.05) is 12.4 Å². The predicted octanol–water partition coefficient (Wildman–Crippen LogP) is 5.26. The normalized spacial score (nSPS) is 8.44. The SMILES string of the molecule is Oc1ccccc1.Oc1ccccc1.Oc1ccccc1.c1ccncc1. The standard InChI is InChI=1S/3C6H6O.C5H5N/c3*7-6-4-2-1-3-5-6;1-2-4-6-5-3-1/h3*1-5,7H;1-5H. The van der Waals surface area contributed by atoms with Gasteiger partial charge in [0.15, 0.2) is 0 Å². The highest BCUT2D eigenvalue weighted by molar-refractivity contribution is 5.19. The van der Waals surface area contributed by atoms with Crippen molar-refractivity contribution in [3.63, 3.8) is 0 Å². The maximum atomic E-state index is 8.63. The number of phenolic OH excluding ortho intramolecular Hbond substituents is 3. The van der Waals surface area contributed by atoms with Crippen LogP contribution in [0.2, 0.25) is 0 Å². The highest BCUT2D eigenvalue weighted by atomic mass is 16.3. The van der Waals surface area contributed by atoms with Crippen LogP contribution in [-0.2, 0) is 0 Å². The summed E-state index contributed by atoms with van der Waals surface area (Å²) in [5, 5.41) is 25.9. The molecule has 0 aliphatic carbocycles. The maximum Gasteiger partial charge on any atom is 0.115 e. The smallest absolute Gasteiger partial charge is 0.115 e. The predicted molar refractivity (Wildman–Crippen MR) is 109 cm³/mol. The lowest BCUT2D eigenvalue weighted by Crippen LogP contribution is -1.58. The molecule has 0 amide bonds. The number of hydrogen-bond acceptors (Lipinski definition) is 4. The van der Waals surface area contributed by atoms with Crippen LogP contribution >= 0.6 is 0 Å². The molecule has 0 atom stereocenters. The molecule has 0 saturated carbocycles. The summed E-state index contributed by atoms with van der Waals surface area (Å²) in [6.45, 7) is 0. The zero-order valence-corrected chi connectivity index (χ0v) is 14.8. The summed E-state index contributed by atoms with van der Waals surface area (Å²) in [6, 6.07) is 31.9. The summed E-state index contributed by atoms with van der Waals surface area (Å²) >= 11 is 0. The van der Waals surface area contributed by atoms with Gasteiger partial charge in [-0.05, 0) is 48.5 Å². The minimum Gasteiger partial charge on any atom is -0.508 e. The van der Waals surface area contributed by atoms with Gasteiger partial charge in [0.25, 0.3) is 0 Å². The van der Waals surface area contributed by atoms with Gasteiger partial charge < -0.3 is 15.3 Å². The van der Waals surface area contributed by atoms with E-state index in [9.17, 15) is 0 Å². The Morgan fingerprint density at radius 2 is 0.630 bits per heavy atom. The van der Waals surface area contributed by atoms with Gasteiger partial charge in [-0.1, -0.05) is 60.7 Å². The third-order valence-electron chi connectivity index (χ3n) is 2.84. The molecule has 3 aromatic carbocycles. The van der Waals surface area contributed by atoms with Gasteiger partial charge in [0.05, 0.1) is 0 Å². The van der Waals surface area contributed by atoms with Gasteiger partial charge in [-0.15, -0.1) is 0 Å². The number of nitrogens with zero attached hydrogens (tertiary/aromatic N) is 1. The zero-order chi connectivity index (χ0) is 19.6. The van der Waals surface area contributed by atoms with Crippen molar-refractivity contribution in [3.05, 3.63) is 122 Å². The third-order valence-corrected chi connectivity index (χ3v) is 2.84. The average Bonchev–Trinajstić information content (AvgIpc) is 2.73. The number of pyridine rings is 1. The minimum absolute atomic E-state index is 0.322. The molecule has 4 nitrogen and oxygen atoms in total. The van der Waals surface area contributed by atoms with Crippen LogP contribution in [0.4, 0.5) is 0 Å². The molecule has 0 unspecified atom stereocenters. The molecular formula is C23H23NO3. The number of para-hydroxylation sites is 3. The topological polar surface area (TPSA) is 73.6 Å². The van der Waals surface area contributed by atoms with Crippen molar-refractivity contribution in [1.82, 2.24) is 4.98 Å². The zero-order valence-electron chi connectivity index (χ0n) is 14.8. The van der Waals surface area contributed by atoms with Crippen molar-refractivity contribution in [1.29, 1.82) is 0 Å². The van der Waals surface area contributed by atoms with E-state index in [2.05, 4.69) is 4.98 Å². The van der Waals surface area contributed by atoms with Crippen LogP contribution in [0.5, 0.6) is 17.2 Å². The van der Waals surface area contributed by atoms with Gasteiger partial charge in [-0.3, -0.25) is 4.98 Å². The Bertz CT molecular complexity index is 680. The third kappa shape index (κ3) is 13.2. The number of phenols is 3. The van der Waals surface area contributed by atoms with Crippen LogP contribution in [0, 0.1) is 0 Å². The monoisotopic (exact) mass is 361 g/mol. The summed E-state index contributed by atoms with van der Waals surface area (Å²) in [6.07, 6.45) is 3.50. The Kier molecular flexibility index (Phi) is 11.4. The largest absolute Gasteiger partial charge is 0.508 e. The number of hydrogen-bond donors (Lipinski definition) is 3. The molecule has 0 fully saturated rings. The van der Waals surface area contributed by atoms with E-state index in [0.717, 1.165) is 0 Å². The average molecular weight is 361 g/mol. The molecule has 4 aromatic rings. The second-order valence-corrected chi connectivity index (χ2v) is 5.03. The molecule has 3 N–H and O–H groups in total. The summed E-state index contributed by atoms with van der Waals surface area (Å²) in [5.41, 5.74) is 0. The fraction of sp³-hybridized carbons (Fsp3) is 0.